The average Bonchev–Trinajstić information content (AvgIpc) is 2.88. The van der Waals surface area contributed by atoms with E-state index < -0.39 is 5.83 Å². The summed E-state index contributed by atoms with van der Waals surface area (Å²) in [5.74, 6) is 5.06. The number of aryl methyl sites for hydroxylation is 1. The number of methoxy groups -OCH3 is 1. The third-order valence-electron chi connectivity index (χ3n) is 5.07. The summed E-state index contributed by atoms with van der Waals surface area (Å²) in [5, 5.41) is 0.782. The van der Waals surface area contributed by atoms with Gasteiger partial charge in [0, 0.05) is 35.2 Å². The van der Waals surface area contributed by atoms with Crippen molar-refractivity contribution in [3.8, 4) is 17.0 Å². The molecule has 0 amide bonds. The first kappa shape index (κ1) is 22.7. The Kier molecular flexibility index (Phi) is 6.69. The van der Waals surface area contributed by atoms with Crippen molar-refractivity contribution in [2.24, 2.45) is 16.6 Å². The van der Waals surface area contributed by atoms with Gasteiger partial charge in [0.15, 0.2) is 11.7 Å². The first-order valence-corrected chi connectivity index (χ1v) is 10.3. The number of nitrogens with zero attached hydrogens (tertiary/aromatic N) is 5. The fourth-order valence-electron chi connectivity index (χ4n) is 3.35. The van der Waals surface area contributed by atoms with E-state index in [0.29, 0.717) is 22.5 Å². The summed E-state index contributed by atoms with van der Waals surface area (Å²) in [6.07, 6.45) is 6.54. The Morgan fingerprint density at radius 2 is 1.94 bits per heavy atom. The number of nitrogens with two attached hydrogens (primary N) is 2. The second-order valence-corrected chi connectivity index (χ2v) is 7.38. The molecule has 9 nitrogen and oxygen atoms in total. The van der Waals surface area contributed by atoms with Crippen LogP contribution in [0.3, 0.4) is 0 Å². The van der Waals surface area contributed by atoms with Crippen LogP contribution >= 0.6 is 0 Å². The highest BCUT2D eigenvalue weighted by atomic mass is 19.1. The van der Waals surface area contributed by atoms with Crippen LogP contribution in [-0.4, -0.2) is 32.9 Å². The van der Waals surface area contributed by atoms with Gasteiger partial charge in [-0.15, -0.1) is 0 Å². The zero-order valence-electron chi connectivity index (χ0n) is 18.7. The number of pyridine rings is 4. The third-order valence-corrected chi connectivity index (χ3v) is 5.07. The lowest BCUT2D eigenvalue weighted by Crippen LogP contribution is -2.32. The quantitative estimate of drug-likeness (QED) is 0.173. The van der Waals surface area contributed by atoms with Gasteiger partial charge < -0.3 is 15.9 Å². The summed E-state index contributed by atoms with van der Waals surface area (Å²) >= 11 is 0. The molecule has 4 heterocycles. The van der Waals surface area contributed by atoms with E-state index in [-0.39, 0.29) is 23.8 Å². The van der Waals surface area contributed by atoms with Crippen molar-refractivity contribution in [1.82, 2.24) is 25.4 Å². The molecule has 0 spiro atoms. The van der Waals surface area contributed by atoms with Crippen molar-refractivity contribution in [2.75, 3.05) is 7.11 Å². The minimum Gasteiger partial charge on any atom is -0.494 e. The highest BCUT2D eigenvalue weighted by molar-refractivity contribution is 6.02. The van der Waals surface area contributed by atoms with E-state index in [1.165, 1.54) is 6.20 Å². The molecule has 0 saturated heterocycles. The summed E-state index contributed by atoms with van der Waals surface area (Å²) in [7, 11) is 1.56. The number of hydrazine groups is 1. The zero-order valence-corrected chi connectivity index (χ0v) is 18.7. The van der Waals surface area contributed by atoms with Crippen LogP contribution in [0.25, 0.3) is 27.9 Å². The number of hydrogen-bond donors (Lipinski definition) is 3. The summed E-state index contributed by atoms with van der Waals surface area (Å²) in [6, 6.07) is 10.8. The van der Waals surface area contributed by atoms with E-state index in [1.807, 2.05) is 25.1 Å². The van der Waals surface area contributed by atoms with Gasteiger partial charge in [-0.1, -0.05) is 6.07 Å². The maximum absolute atomic E-state index is 15.1. The minimum atomic E-state index is -0.818. The number of fused-ring (bicyclic) bond motifs is 1. The molecule has 4 rings (SSSR count). The molecule has 0 aliphatic carbocycles. The molecule has 0 aromatic carbocycles. The van der Waals surface area contributed by atoms with E-state index in [1.54, 1.807) is 43.9 Å². The first-order valence-electron chi connectivity index (χ1n) is 10.3. The van der Waals surface area contributed by atoms with E-state index in [4.69, 9.17) is 16.3 Å². The van der Waals surface area contributed by atoms with Crippen molar-refractivity contribution < 1.29 is 9.13 Å². The standard InChI is InChI=1S/C24H23FN8O/c1-14-8-17(5-7-28-14)23-20(34-2)9-15(11-31-23)12-32-24(33-27)21(25)22(26)18-10-16-4-3-6-29-19(16)13-30-18/h3-11,13H,12,26-27H2,1-2H3,(H,32,33). The van der Waals surface area contributed by atoms with Gasteiger partial charge in [-0.2, -0.15) is 0 Å². The van der Waals surface area contributed by atoms with E-state index in [0.717, 1.165) is 16.6 Å². The molecule has 0 atom stereocenters. The molecule has 0 aliphatic heterocycles. The third kappa shape index (κ3) is 4.81. The van der Waals surface area contributed by atoms with Crippen LogP contribution in [0.15, 0.2) is 72.0 Å². The summed E-state index contributed by atoms with van der Waals surface area (Å²) in [4.78, 5) is 21.3. The number of halogens is 1. The van der Waals surface area contributed by atoms with E-state index >= 15 is 4.39 Å². The maximum atomic E-state index is 15.1. The van der Waals surface area contributed by atoms with Crippen LogP contribution in [0.2, 0.25) is 0 Å². The van der Waals surface area contributed by atoms with Gasteiger partial charge in [0.25, 0.3) is 0 Å². The summed E-state index contributed by atoms with van der Waals surface area (Å²) < 4.78 is 20.6. The van der Waals surface area contributed by atoms with Crippen LogP contribution in [-0.2, 0) is 6.54 Å². The predicted octanol–water partition coefficient (Wildman–Crippen LogP) is 3.06. The van der Waals surface area contributed by atoms with E-state index in [9.17, 15) is 0 Å². The Balaban J connectivity index is 1.60. The van der Waals surface area contributed by atoms with Crippen molar-refractivity contribution in [2.45, 2.75) is 13.5 Å². The topological polar surface area (TPSA) is 137 Å². The van der Waals surface area contributed by atoms with Crippen LogP contribution in [0.5, 0.6) is 5.75 Å². The molecule has 4 aromatic rings. The first-order chi connectivity index (χ1) is 16.5. The highest BCUT2D eigenvalue weighted by Crippen LogP contribution is 2.29. The lowest BCUT2D eigenvalue weighted by molar-refractivity contribution is 0.414. The fraction of sp³-hybridized carbons (Fsp3) is 0.125. The maximum Gasteiger partial charge on any atom is 0.191 e. The molecule has 0 aliphatic rings. The molecule has 10 heteroatoms. The lowest BCUT2D eigenvalue weighted by atomic mass is 10.1. The number of ether oxygens (including phenoxy) is 1. The molecular weight excluding hydrogens is 435 g/mol. The average molecular weight is 459 g/mol. The zero-order chi connectivity index (χ0) is 24.1. The van der Waals surface area contributed by atoms with Crippen LogP contribution in [0, 0.1) is 6.92 Å². The van der Waals surface area contributed by atoms with Gasteiger partial charge in [0.05, 0.1) is 36.8 Å². The number of amidine groups is 1. The molecule has 5 N–H and O–H groups in total. The Hall–Kier alpha value is -4.44. The molecule has 0 fully saturated rings. The molecule has 0 saturated carbocycles. The second-order valence-electron chi connectivity index (χ2n) is 7.38. The summed E-state index contributed by atoms with van der Waals surface area (Å²) in [6.45, 7) is 1.99. The molecule has 34 heavy (non-hydrogen) atoms. The van der Waals surface area contributed by atoms with Crippen LogP contribution in [0.1, 0.15) is 17.0 Å². The van der Waals surface area contributed by atoms with Gasteiger partial charge in [0.1, 0.15) is 11.4 Å². The fourth-order valence-corrected chi connectivity index (χ4v) is 3.35. The SMILES string of the molecule is COc1cc(CN=C(NN)C(F)=C(N)c2cc3cccnc3cn2)cnc1-c1ccnc(C)c1. The highest BCUT2D eigenvalue weighted by Gasteiger charge is 2.15. The van der Waals surface area contributed by atoms with Crippen molar-refractivity contribution in [1.29, 1.82) is 0 Å². The second kappa shape index (κ2) is 10.0. The molecule has 0 radical (unpaired) electrons. The molecule has 0 bridgehead atoms. The largest absolute Gasteiger partial charge is 0.494 e. The smallest absolute Gasteiger partial charge is 0.191 e. The Morgan fingerprint density at radius 3 is 2.71 bits per heavy atom. The Bertz CT molecular complexity index is 1400. The Labute approximate surface area is 195 Å². The number of hydrogen-bond acceptors (Lipinski definition) is 8. The van der Waals surface area contributed by atoms with Crippen LogP contribution < -0.4 is 21.7 Å². The summed E-state index contributed by atoms with van der Waals surface area (Å²) in [5.41, 5.74) is 12.1. The molecule has 172 valence electrons. The van der Waals surface area contributed by atoms with Crippen molar-refractivity contribution in [3.63, 3.8) is 0 Å². The van der Waals surface area contributed by atoms with Crippen molar-refractivity contribution in [3.05, 3.63) is 84.0 Å². The Morgan fingerprint density at radius 1 is 1.09 bits per heavy atom. The van der Waals surface area contributed by atoms with Gasteiger partial charge in [0.2, 0.25) is 0 Å². The number of aromatic nitrogens is 4. The van der Waals surface area contributed by atoms with Gasteiger partial charge in [-0.25, -0.2) is 10.2 Å². The number of nitrogens with one attached hydrogen (secondary N) is 1. The van der Waals surface area contributed by atoms with Crippen molar-refractivity contribution >= 4 is 22.4 Å². The predicted molar refractivity (Wildman–Crippen MR) is 129 cm³/mol. The van der Waals surface area contributed by atoms with Gasteiger partial charge in [-0.3, -0.25) is 24.9 Å². The number of aliphatic imine (C=N–C) groups is 1. The number of rotatable bonds is 6. The monoisotopic (exact) mass is 458 g/mol. The lowest BCUT2D eigenvalue weighted by Gasteiger charge is -2.11. The van der Waals surface area contributed by atoms with Gasteiger partial charge in [-0.05, 0) is 42.8 Å². The molecule has 0 unspecified atom stereocenters. The molecular formula is C24H23FN8O. The van der Waals surface area contributed by atoms with Crippen LogP contribution in [0.4, 0.5) is 4.39 Å². The molecule has 4 aromatic heterocycles. The minimum absolute atomic E-state index is 0.0916. The normalized spacial score (nSPS) is 12.4. The van der Waals surface area contributed by atoms with E-state index in [2.05, 4.69) is 30.4 Å². The van der Waals surface area contributed by atoms with Gasteiger partial charge >= 0.3 is 0 Å².